The number of amides is 2. The van der Waals surface area contributed by atoms with Crippen LogP contribution in [0.5, 0.6) is 0 Å². The minimum Gasteiger partial charge on any atom is -0.356 e. The summed E-state index contributed by atoms with van der Waals surface area (Å²) in [4.78, 5) is 26.7. The van der Waals surface area contributed by atoms with E-state index in [1.165, 1.54) is 0 Å². The van der Waals surface area contributed by atoms with E-state index in [-0.39, 0.29) is 17.2 Å². The highest BCUT2D eigenvalue weighted by molar-refractivity contribution is 6.05. The molecule has 3 heterocycles. The van der Waals surface area contributed by atoms with E-state index in [1.54, 1.807) is 4.68 Å². The Labute approximate surface area is 153 Å². The molecular weight excluding hydrogens is 328 g/mol. The highest BCUT2D eigenvalue weighted by Crippen LogP contribution is 2.40. The van der Waals surface area contributed by atoms with Gasteiger partial charge in [-0.1, -0.05) is 11.6 Å². The third kappa shape index (κ3) is 2.97. The summed E-state index contributed by atoms with van der Waals surface area (Å²) in [6.07, 6.45) is 4.51. The maximum atomic E-state index is 13.1. The van der Waals surface area contributed by atoms with E-state index in [4.69, 9.17) is 0 Å². The third-order valence-corrected chi connectivity index (χ3v) is 6.18. The number of piperidine rings is 1. The minimum atomic E-state index is 0.0267. The summed E-state index contributed by atoms with van der Waals surface area (Å²) in [6, 6.07) is 6.11. The van der Waals surface area contributed by atoms with Gasteiger partial charge in [0.15, 0.2) is 5.69 Å². The van der Waals surface area contributed by atoms with Crippen molar-refractivity contribution in [1.29, 1.82) is 0 Å². The Balaban J connectivity index is 1.52. The van der Waals surface area contributed by atoms with Gasteiger partial charge in [0.2, 0.25) is 5.91 Å². The van der Waals surface area contributed by atoms with Crippen molar-refractivity contribution in [2.45, 2.75) is 39.0 Å². The normalized spacial score (nSPS) is 20.2. The SMILES string of the molecule is Cc1ccc2c(c1)c(C(=O)N1CCC3(CCNC(=O)CC3)CC1)nn2C. The number of aryl methyl sites for hydroxylation is 2. The molecule has 6 heteroatoms. The van der Waals surface area contributed by atoms with Gasteiger partial charge >= 0.3 is 0 Å². The van der Waals surface area contributed by atoms with E-state index >= 15 is 0 Å². The minimum absolute atomic E-state index is 0.0267. The number of nitrogens with zero attached hydrogens (tertiary/aromatic N) is 3. The number of aromatic nitrogens is 2. The first-order valence-corrected chi connectivity index (χ1v) is 9.47. The molecule has 0 aliphatic carbocycles. The van der Waals surface area contributed by atoms with Crippen molar-refractivity contribution in [3.05, 3.63) is 29.5 Å². The second kappa shape index (κ2) is 6.41. The number of nitrogens with one attached hydrogen (secondary N) is 1. The number of hydrogen-bond acceptors (Lipinski definition) is 3. The number of benzene rings is 1. The molecule has 0 bridgehead atoms. The van der Waals surface area contributed by atoms with Crippen molar-refractivity contribution in [2.75, 3.05) is 19.6 Å². The average molecular weight is 354 g/mol. The summed E-state index contributed by atoms with van der Waals surface area (Å²) in [7, 11) is 1.88. The fourth-order valence-corrected chi connectivity index (χ4v) is 4.43. The molecule has 2 aromatic rings. The molecule has 6 nitrogen and oxygen atoms in total. The van der Waals surface area contributed by atoms with E-state index < -0.39 is 0 Å². The summed E-state index contributed by atoms with van der Waals surface area (Å²) in [5.41, 5.74) is 2.88. The third-order valence-electron chi connectivity index (χ3n) is 6.18. The number of fused-ring (bicyclic) bond motifs is 1. The largest absolute Gasteiger partial charge is 0.356 e. The lowest BCUT2D eigenvalue weighted by Crippen LogP contribution is -2.43. The van der Waals surface area contributed by atoms with Crippen molar-refractivity contribution in [1.82, 2.24) is 20.0 Å². The van der Waals surface area contributed by atoms with Crippen LogP contribution in [0.2, 0.25) is 0 Å². The highest BCUT2D eigenvalue weighted by atomic mass is 16.2. The van der Waals surface area contributed by atoms with Gasteiger partial charge in [0.1, 0.15) is 0 Å². The molecule has 2 fully saturated rings. The first kappa shape index (κ1) is 17.1. The van der Waals surface area contributed by atoms with Crippen LogP contribution in [0.25, 0.3) is 10.9 Å². The zero-order valence-electron chi connectivity index (χ0n) is 15.5. The summed E-state index contributed by atoms with van der Waals surface area (Å²) in [5, 5.41) is 8.41. The van der Waals surface area contributed by atoms with Crippen molar-refractivity contribution >= 4 is 22.7 Å². The summed E-state index contributed by atoms with van der Waals surface area (Å²) >= 11 is 0. The molecule has 2 saturated heterocycles. The predicted octanol–water partition coefficient (Wildman–Crippen LogP) is 2.40. The Kier molecular flexibility index (Phi) is 4.21. The molecule has 26 heavy (non-hydrogen) atoms. The number of rotatable bonds is 1. The molecule has 4 rings (SSSR count). The Morgan fingerprint density at radius 1 is 1.19 bits per heavy atom. The van der Waals surface area contributed by atoms with Crippen LogP contribution in [0.3, 0.4) is 0 Å². The lowest BCUT2D eigenvalue weighted by molar-refractivity contribution is -0.121. The van der Waals surface area contributed by atoms with Gasteiger partial charge in [-0.15, -0.1) is 0 Å². The van der Waals surface area contributed by atoms with Crippen molar-refractivity contribution in [3.63, 3.8) is 0 Å². The van der Waals surface area contributed by atoms with E-state index in [2.05, 4.69) is 10.4 Å². The van der Waals surface area contributed by atoms with Crippen LogP contribution in [0, 0.1) is 12.3 Å². The Hall–Kier alpha value is -2.37. The fourth-order valence-electron chi connectivity index (χ4n) is 4.43. The van der Waals surface area contributed by atoms with Gasteiger partial charge in [-0.2, -0.15) is 5.10 Å². The number of carbonyl (C=O) groups excluding carboxylic acids is 2. The Morgan fingerprint density at radius 3 is 2.73 bits per heavy atom. The van der Waals surface area contributed by atoms with Crippen LogP contribution in [0.1, 0.15) is 48.2 Å². The second-order valence-electron chi connectivity index (χ2n) is 7.88. The molecule has 1 N–H and O–H groups in total. The monoisotopic (exact) mass is 354 g/mol. The van der Waals surface area contributed by atoms with Crippen molar-refractivity contribution in [2.24, 2.45) is 12.5 Å². The maximum Gasteiger partial charge on any atom is 0.275 e. The topological polar surface area (TPSA) is 67.2 Å². The Bertz CT molecular complexity index is 862. The quantitative estimate of drug-likeness (QED) is 0.855. The van der Waals surface area contributed by atoms with Crippen LogP contribution in [-0.4, -0.2) is 46.1 Å². The molecule has 1 aromatic heterocycles. The summed E-state index contributed by atoms with van der Waals surface area (Å²) in [5.74, 6) is 0.189. The number of carbonyl (C=O) groups is 2. The lowest BCUT2D eigenvalue weighted by Gasteiger charge is -2.41. The summed E-state index contributed by atoms with van der Waals surface area (Å²) < 4.78 is 1.79. The zero-order chi connectivity index (χ0) is 18.3. The van der Waals surface area contributed by atoms with Gasteiger partial charge in [0, 0.05) is 38.5 Å². The summed E-state index contributed by atoms with van der Waals surface area (Å²) in [6.45, 7) is 4.29. The maximum absolute atomic E-state index is 13.1. The van der Waals surface area contributed by atoms with Crippen molar-refractivity contribution in [3.8, 4) is 0 Å². The Morgan fingerprint density at radius 2 is 1.96 bits per heavy atom. The highest BCUT2D eigenvalue weighted by Gasteiger charge is 2.38. The average Bonchev–Trinajstić information content (AvgIpc) is 2.84. The molecule has 0 saturated carbocycles. The van der Waals surface area contributed by atoms with Crippen molar-refractivity contribution < 1.29 is 9.59 Å². The fraction of sp³-hybridized carbons (Fsp3) is 0.550. The smallest absolute Gasteiger partial charge is 0.275 e. The molecule has 2 amide bonds. The molecule has 2 aliphatic heterocycles. The van der Waals surface area contributed by atoms with Gasteiger partial charge in [-0.25, -0.2) is 0 Å². The molecule has 0 radical (unpaired) electrons. The molecule has 2 aliphatic rings. The molecule has 0 atom stereocenters. The van der Waals surface area contributed by atoms with Gasteiger partial charge < -0.3 is 10.2 Å². The predicted molar refractivity (Wildman–Crippen MR) is 99.9 cm³/mol. The molecular formula is C20H26N4O2. The zero-order valence-corrected chi connectivity index (χ0v) is 15.5. The van der Waals surface area contributed by atoms with E-state index in [0.717, 1.165) is 61.8 Å². The van der Waals surface area contributed by atoms with Crippen LogP contribution in [-0.2, 0) is 11.8 Å². The second-order valence-corrected chi connectivity index (χ2v) is 7.88. The van der Waals surface area contributed by atoms with Gasteiger partial charge in [-0.3, -0.25) is 14.3 Å². The van der Waals surface area contributed by atoms with Crippen LogP contribution in [0.15, 0.2) is 18.2 Å². The van der Waals surface area contributed by atoms with E-state index in [0.29, 0.717) is 12.1 Å². The van der Waals surface area contributed by atoms with E-state index in [1.807, 2.05) is 37.1 Å². The van der Waals surface area contributed by atoms with Crippen LogP contribution < -0.4 is 5.32 Å². The standard InChI is InChI=1S/C20H26N4O2/c1-14-3-4-16-15(13-14)18(22-23(16)2)19(26)24-11-8-20(9-12-24)6-5-17(25)21-10-7-20/h3-4,13H,5-12H2,1-2H3,(H,21,25). The first-order valence-electron chi connectivity index (χ1n) is 9.47. The van der Waals surface area contributed by atoms with Gasteiger partial charge in [0.25, 0.3) is 5.91 Å². The van der Waals surface area contributed by atoms with E-state index in [9.17, 15) is 9.59 Å². The molecule has 138 valence electrons. The molecule has 0 unspecified atom stereocenters. The first-order chi connectivity index (χ1) is 12.5. The van der Waals surface area contributed by atoms with Crippen LogP contribution >= 0.6 is 0 Å². The number of likely N-dealkylation sites (tertiary alicyclic amines) is 1. The van der Waals surface area contributed by atoms with Crippen LogP contribution in [0.4, 0.5) is 0 Å². The lowest BCUT2D eigenvalue weighted by atomic mass is 9.73. The molecule has 1 spiro atoms. The van der Waals surface area contributed by atoms with Gasteiger partial charge in [0.05, 0.1) is 5.52 Å². The van der Waals surface area contributed by atoms with Gasteiger partial charge in [-0.05, 0) is 50.2 Å². The number of hydrogen-bond donors (Lipinski definition) is 1. The molecule has 1 aromatic carbocycles.